The Bertz CT molecular complexity index is 796. The third kappa shape index (κ3) is 4.05. The van der Waals surface area contributed by atoms with E-state index in [2.05, 4.69) is 35.4 Å². The van der Waals surface area contributed by atoms with Crippen molar-refractivity contribution in [2.24, 2.45) is 5.92 Å². The molecule has 3 heterocycles. The summed E-state index contributed by atoms with van der Waals surface area (Å²) < 4.78 is 2.00. The number of aryl methyl sites for hydroxylation is 3. The van der Waals surface area contributed by atoms with Crippen molar-refractivity contribution in [2.45, 2.75) is 65.1 Å². The highest BCUT2D eigenvalue weighted by Crippen LogP contribution is 2.30. The number of aliphatic hydroxyl groups excluding tert-OH is 1. The number of aromatic nitrogens is 4. The van der Waals surface area contributed by atoms with Crippen molar-refractivity contribution < 1.29 is 5.11 Å². The second-order valence-electron chi connectivity index (χ2n) is 8.11. The largest absolute Gasteiger partial charge is 0.396 e. The molecule has 1 saturated heterocycles. The van der Waals surface area contributed by atoms with Crippen LogP contribution in [-0.4, -0.2) is 44.6 Å². The minimum Gasteiger partial charge on any atom is -0.396 e. The predicted molar refractivity (Wildman–Crippen MR) is 109 cm³/mol. The molecule has 152 valence electrons. The molecule has 4 rings (SSSR count). The van der Waals surface area contributed by atoms with Crippen LogP contribution in [0.3, 0.4) is 0 Å². The zero-order valence-electron chi connectivity index (χ0n) is 17.1. The fourth-order valence-corrected chi connectivity index (χ4v) is 4.34. The Balaban J connectivity index is 1.43. The molecule has 0 amide bonds. The number of nitrogens with one attached hydrogen (secondary N) is 1. The summed E-state index contributed by atoms with van der Waals surface area (Å²) in [6.45, 7) is 8.09. The maximum atomic E-state index is 9.34. The van der Waals surface area contributed by atoms with Crippen molar-refractivity contribution in [3.63, 3.8) is 0 Å². The normalized spacial score (nSPS) is 20.4. The average Bonchev–Trinajstić information content (AvgIpc) is 3.11. The summed E-state index contributed by atoms with van der Waals surface area (Å²) in [6.07, 6.45) is 9.52. The van der Waals surface area contributed by atoms with Crippen LogP contribution >= 0.6 is 0 Å². The fraction of sp³-hybridized carbons (Fsp3) is 0.667. The van der Waals surface area contributed by atoms with E-state index < -0.39 is 0 Å². The predicted octanol–water partition coefficient (Wildman–Crippen LogP) is 2.38. The Kier molecular flexibility index (Phi) is 5.92. The summed E-state index contributed by atoms with van der Waals surface area (Å²) in [5, 5.41) is 17.6. The number of hydrogen-bond acceptors (Lipinski definition) is 6. The molecule has 2 aromatic rings. The summed E-state index contributed by atoms with van der Waals surface area (Å²) >= 11 is 0. The molecule has 0 unspecified atom stereocenters. The number of aliphatic hydroxyl groups is 1. The Hall–Kier alpha value is -1.99. The zero-order valence-corrected chi connectivity index (χ0v) is 17.1. The summed E-state index contributed by atoms with van der Waals surface area (Å²) in [5.41, 5.74) is 4.81. The van der Waals surface area contributed by atoms with E-state index in [9.17, 15) is 5.11 Å². The molecule has 2 N–H and O–H groups in total. The maximum Gasteiger partial charge on any atom is 0.225 e. The molecule has 1 fully saturated rings. The van der Waals surface area contributed by atoms with Crippen LogP contribution < -0.4 is 10.2 Å². The summed E-state index contributed by atoms with van der Waals surface area (Å²) in [4.78, 5) is 11.9. The van der Waals surface area contributed by atoms with Crippen LogP contribution in [0.25, 0.3) is 0 Å². The molecule has 0 aromatic carbocycles. The van der Waals surface area contributed by atoms with Gasteiger partial charge in [-0.15, -0.1) is 0 Å². The van der Waals surface area contributed by atoms with Crippen molar-refractivity contribution in [3.8, 4) is 0 Å². The molecule has 0 bridgehead atoms. The minimum absolute atomic E-state index is 0.295. The fourth-order valence-electron chi connectivity index (χ4n) is 4.34. The summed E-state index contributed by atoms with van der Waals surface area (Å²) in [5.74, 6) is 1.29. The van der Waals surface area contributed by atoms with Gasteiger partial charge in [-0.1, -0.05) is 0 Å². The summed E-state index contributed by atoms with van der Waals surface area (Å²) in [6, 6.07) is 0.308. The molecule has 1 atom stereocenters. The van der Waals surface area contributed by atoms with Gasteiger partial charge in [0.05, 0.1) is 11.4 Å². The van der Waals surface area contributed by atoms with E-state index in [1.54, 1.807) is 0 Å². The average molecular weight is 385 g/mol. The SMILES string of the molecule is CCn1cc(CN[C@@H]2CCCc3nc(N4CCC(CO)CC4)ncc32)c(C)n1. The van der Waals surface area contributed by atoms with Gasteiger partial charge in [-0.2, -0.15) is 5.10 Å². The lowest BCUT2D eigenvalue weighted by Crippen LogP contribution is -2.36. The number of hydrogen-bond donors (Lipinski definition) is 2. The molecule has 2 aliphatic rings. The lowest BCUT2D eigenvalue weighted by atomic mass is 9.92. The van der Waals surface area contributed by atoms with Crippen LogP contribution in [0.2, 0.25) is 0 Å². The molecule has 28 heavy (non-hydrogen) atoms. The topological polar surface area (TPSA) is 79.1 Å². The van der Waals surface area contributed by atoms with Gasteiger partial charge in [0.2, 0.25) is 5.95 Å². The first-order chi connectivity index (χ1) is 13.7. The van der Waals surface area contributed by atoms with E-state index in [1.165, 1.54) is 16.8 Å². The standard InChI is InChI=1S/C21H32N6O/c1-3-27-13-17(15(2)25-27)11-22-19-5-4-6-20-18(19)12-23-21(24-20)26-9-7-16(14-28)8-10-26/h12-13,16,19,22,28H,3-11,14H2,1-2H3/t19-/m1/s1. The van der Waals surface area contributed by atoms with E-state index in [1.807, 2.05) is 10.9 Å². The second-order valence-corrected chi connectivity index (χ2v) is 8.11. The highest BCUT2D eigenvalue weighted by Gasteiger charge is 2.25. The number of piperidine rings is 1. The molecule has 0 spiro atoms. The van der Waals surface area contributed by atoms with Gasteiger partial charge in [0.25, 0.3) is 0 Å². The third-order valence-electron chi connectivity index (χ3n) is 6.24. The molecule has 7 nitrogen and oxygen atoms in total. The molecule has 1 aliphatic heterocycles. The van der Waals surface area contributed by atoms with Crippen molar-refractivity contribution in [3.05, 3.63) is 34.9 Å². The Morgan fingerprint density at radius 2 is 2.07 bits per heavy atom. The number of nitrogens with zero attached hydrogens (tertiary/aromatic N) is 5. The van der Waals surface area contributed by atoms with Crippen molar-refractivity contribution in [2.75, 3.05) is 24.6 Å². The van der Waals surface area contributed by atoms with E-state index in [0.717, 1.165) is 69.9 Å². The first-order valence-corrected chi connectivity index (χ1v) is 10.7. The van der Waals surface area contributed by atoms with E-state index in [0.29, 0.717) is 18.6 Å². The van der Waals surface area contributed by atoms with Crippen LogP contribution in [0, 0.1) is 12.8 Å². The van der Waals surface area contributed by atoms with Crippen molar-refractivity contribution in [1.82, 2.24) is 25.1 Å². The molecule has 2 aromatic heterocycles. The van der Waals surface area contributed by atoms with Gasteiger partial charge >= 0.3 is 0 Å². The van der Waals surface area contributed by atoms with Crippen LogP contribution in [0.4, 0.5) is 5.95 Å². The lowest BCUT2D eigenvalue weighted by molar-refractivity contribution is 0.202. The summed E-state index contributed by atoms with van der Waals surface area (Å²) in [7, 11) is 0. The van der Waals surface area contributed by atoms with Crippen LogP contribution in [-0.2, 0) is 19.5 Å². The molecule has 0 saturated carbocycles. The van der Waals surface area contributed by atoms with E-state index in [-0.39, 0.29) is 0 Å². The van der Waals surface area contributed by atoms with Crippen molar-refractivity contribution >= 4 is 5.95 Å². The lowest BCUT2D eigenvalue weighted by Gasteiger charge is -2.32. The maximum absolute atomic E-state index is 9.34. The van der Waals surface area contributed by atoms with Gasteiger partial charge in [-0.3, -0.25) is 4.68 Å². The molecular weight excluding hydrogens is 352 g/mol. The monoisotopic (exact) mass is 384 g/mol. The molecule has 7 heteroatoms. The molecule has 1 aliphatic carbocycles. The van der Waals surface area contributed by atoms with Crippen LogP contribution in [0.1, 0.15) is 61.2 Å². The first kappa shape index (κ1) is 19.3. The smallest absolute Gasteiger partial charge is 0.225 e. The van der Waals surface area contributed by atoms with Gasteiger partial charge in [0.15, 0.2) is 0 Å². The third-order valence-corrected chi connectivity index (χ3v) is 6.24. The number of anilines is 1. The quantitative estimate of drug-likeness (QED) is 0.796. The molecular formula is C21H32N6O. The highest BCUT2D eigenvalue weighted by molar-refractivity contribution is 5.36. The van der Waals surface area contributed by atoms with Crippen molar-refractivity contribution in [1.29, 1.82) is 0 Å². The Morgan fingerprint density at radius 3 is 2.79 bits per heavy atom. The van der Waals surface area contributed by atoms with Gasteiger partial charge in [-0.25, -0.2) is 9.97 Å². The Labute approximate surface area is 167 Å². The Morgan fingerprint density at radius 1 is 1.25 bits per heavy atom. The van der Waals surface area contributed by atoms with Gasteiger partial charge in [0, 0.05) is 62.3 Å². The van der Waals surface area contributed by atoms with Crippen LogP contribution in [0.15, 0.2) is 12.4 Å². The van der Waals surface area contributed by atoms with Gasteiger partial charge in [-0.05, 0) is 51.9 Å². The first-order valence-electron chi connectivity index (χ1n) is 10.7. The number of rotatable bonds is 6. The second kappa shape index (κ2) is 8.57. The zero-order chi connectivity index (χ0) is 19.5. The van der Waals surface area contributed by atoms with Gasteiger partial charge in [0.1, 0.15) is 0 Å². The van der Waals surface area contributed by atoms with Crippen LogP contribution in [0.5, 0.6) is 0 Å². The van der Waals surface area contributed by atoms with Gasteiger partial charge < -0.3 is 15.3 Å². The number of fused-ring (bicyclic) bond motifs is 1. The minimum atomic E-state index is 0.295. The van der Waals surface area contributed by atoms with E-state index >= 15 is 0 Å². The highest BCUT2D eigenvalue weighted by atomic mass is 16.3. The van der Waals surface area contributed by atoms with E-state index in [4.69, 9.17) is 9.97 Å². The molecule has 0 radical (unpaired) electrons.